The van der Waals surface area contributed by atoms with E-state index in [1.807, 2.05) is 12.1 Å². The summed E-state index contributed by atoms with van der Waals surface area (Å²) in [5.41, 5.74) is 17.0. The average Bonchev–Trinajstić information content (AvgIpc) is 3.71. The molecule has 0 spiro atoms. The van der Waals surface area contributed by atoms with Gasteiger partial charge in [-0.25, -0.2) is 0 Å². The fourth-order valence-corrected chi connectivity index (χ4v) is 8.61. The summed E-state index contributed by atoms with van der Waals surface area (Å²) >= 11 is 0. The summed E-state index contributed by atoms with van der Waals surface area (Å²) in [5, 5.41) is 4.78. The number of fused-ring (bicyclic) bond motifs is 4. The van der Waals surface area contributed by atoms with Gasteiger partial charge in [-0.1, -0.05) is 170 Å². The van der Waals surface area contributed by atoms with Crippen molar-refractivity contribution in [3.8, 4) is 55.6 Å². The molecule has 1 heterocycles. The van der Waals surface area contributed by atoms with Gasteiger partial charge in [0.15, 0.2) is 0 Å². The highest BCUT2D eigenvalue weighted by Crippen LogP contribution is 2.40. The minimum atomic E-state index is 0.904. The fourth-order valence-electron chi connectivity index (χ4n) is 8.61. The molecule has 0 saturated heterocycles. The van der Waals surface area contributed by atoms with E-state index in [0.29, 0.717) is 0 Å². The fraction of sp³-hybridized carbons (Fsp3) is 0. The third-order valence-electron chi connectivity index (χ3n) is 11.7. The zero-order valence-corrected chi connectivity index (χ0v) is 32.9. The van der Waals surface area contributed by atoms with Crippen LogP contribution in [0.5, 0.6) is 0 Å². The Morgan fingerprint density at radius 2 is 0.667 bits per heavy atom. The second-order valence-electron chi connectivity index (χ2n) is 15.3. The normalized spacial score (nSPS) is 11.3. The molecule has 2 nitrogen and oxygen atoms in total. The van der Waals surface area contributed by atoms with Crippen LogP contribution in [-0.4, -0.2) is 0 Å². The number of furan rings is 1. The van der Waals surface area contributed by atoms with E-state index in [0.717, 1.165) is 50.1 Å². The van der Waals surface area contributed by atoms with E-state index < -0.39 is 0 Å². The number of nitrogens with zero attached hydrogens (tertiary/aromatic N) is 1. The molecule has 0 aliphatic heterocycles. The second-order valence-corrected chi connectivity index (χ2v) is 15.3. The lowest BCUT2D eigenvalue weighted by Gasteiger charge is -2.26. The molecular weight excluding hydrogens is 727 g/mol. The highest BCUT2D eigenvalue weighted by Gasteiger charge is 2.15. The molecule has 0 bridgehead atoms. The zero-order valence-electron chi connectivity index (χ0n) is 32.9. The molecule has 0 radical (unpaired) electrons. The maximum Gasteiger partial charge on any atom is 0.135 e. The minimum Gasteiger partial charge on any atom is -0.456 e. The van der Waals surface area contributed by atoms with E-state index in [4.69, 9.17) is 4.42 Å². The second kappa shape index (κ2) is 15.1. The quantitative estimate of drug-likeness (QED) is 0.153. The summed E-state index contributed by atoms with van der Waals surface area (Å²) in [4.78, 5) is 2.34. The molecule has 10 aromatic carbocycles. The van der Waals surface area contributed by atoms with E-state index >= 15 is 0 Å². The van der Waals surface area contributed by atoms with Crippen LogP contribution in [0.2, 0.25) is 0 Å². The van der Waals surface area contributed by atoms with E-state index in [-0.39, 0.29) is 0 Å². The molecule has 0 saturated carbocycles. The Morgan fingerprint density at radius 1 is 0.250 bits per heavy atom. The molecule has 0 amide bonds. The summed E-state index contributed by atoms with van der Waals surface area (Å²) in [5.74, 6) is 0. The first-order chi connectivity index (χ1) is 29.7. The van der Waals surface area contributed by atoms with Crippen LogP contribution in [0.1, 0.15) is 0 Å². The Labute approximate surface area is 349 Å². The Kier molecular flexibility index (Phi) is 8.87. The molecule has 0 N–H and O–H groups in total. The monoisotopic (exact) mass is 765 g/mol. The molecule has 0 fully saturated rings. The molecule has 0 atom stereocenters. The number of anilines is 3. The van der Waals surface area contributed by atoms with Crippen molar-refractivity contribution in [1.29, 1.82) is 0 Å². The molecule has 1 aromatic heterocycles. The standard InChI is InChI=1S/C58H39NO/c1-2-11-40(12-3-1)45-15-8-16-46(37-45)41-23-30-50(31-24-41)59(52-34-27-43(28-35-52)48-29-36-58-56(39-48)55-20-6-7-22-57(55)60-58)51-32-25-42(26-33-51)47-17-9-18-49(38-47)54-21-10-14-44-13-4-5-19-53(44)54/h1-39H. The lowest BCUT2D eigenvalue weighted by Crippen LogP contribution is -2.09. The smallest absolute Gasteiger partial charge is 0.135 e. The van der Waals surface area contributed by atoms with Gasteiger partial charge >= 0.3 is 0 Å². The average molecular weight is 766 g/mol. The van der Waals surface area contributed by atoms with Crippen molar-refractivity contribution in [2.24, 2.45) is 0 Å². The first-order valence-electron chi connectivity index (χ1n) is 20.5. The number of hydrogen-bond acceptors (Lipinski definition) is 2. The van der Waals surface area contributed by atoms with E-state index in [9.17, 15) is 0 Å². The van der Waals surface area contributed by atoms with Gasteiger partial charge in [0.25, 0.3) is 0 Å². The van der Waals surface area contributed by atoms with Gasteiger partial charge in [-0.05, 0) is 133 Å². The molecule has 0 aliphatic rings. The number of hydrogen-bond donors (Lipinski definition) is 0. The first kappa shape index (κ1) is 35.2. The summed E-state index contributed by atoms with van der Waals surface area (Å²) in [6, 6.07) is 84.9. The SMILES string of the molecule is c1ccc(-c2cccc(-c3ccc(N(c4ccc(-c5cccc(-c6cccc7ccccc67)c5)cc4)c4ccc(-c5ccc6oc7ccccc7c6c5)cc4)cc3)c2)cc1. The van der Waals surface area contributed by atoms with Crippen molar-refractivity contribution < 1.29 is 4.42 Å². The highest BCUT2D eigenvalue weighted by molar-refractivity contribution is 6.06. The lowest BCUT2D eigenvalue weighted by atomic mass is 9.95. The molecule has 0 aliphatic carbocycles. The van der Waals surface area contributed by atoms with Crippen LogP contribution in [0, 0.1) is 0 Å². The van der Waals surface area contributed by atoms with Crippen LogP contribution in [0.15, 0.2) is 241 Å². The maximum atomic E-state index is 6.13. The van der Waals surface area contributed by atoms with Crippen molar-refractivity contribution >= 4 is 49.8 Å². The largest absolute Gasteiger partial charge is 0.456 e. The van der Waals surface area contributed by atoms with E-state index in [1.165, 1.54) is 55.3 Å². The van der Waals surface area contributed by atoms with Crippen molar-refractivity contribution in [1.82, 2.24) is 0 Å². The molecule has 60 heavy (non-hydrogen) atoms. The van der Waals surface area contributed by atoms with Gasteiger partial charge in [0, 0.05) is 27.8 Å². The van der Waals surface area contributed by atoms with Gasteiger partial charge in [-0.15, -0.1) is 0 Å². The van der Waals surface area contributed by atoms with Crippen molar-refractivity contribution in [3.63, 3.8) is 0 Å². The van der Waals surface area contributed by atoms with Crippen molar-refractivity contribution in [3.05, 3.63) is 237 Å². The molecule has 11 rings (SSSR count). The Bertz CT molecular complexity index is 3280. The van der Waals surface area contributed by atoms with E-state index in [1.54, 1.807) is 0 Å². The predicted octanol–water partition coefficient (Wildman–Crippen LogP) is 16.5. The van der Waals surface area contributed by atoms with Gasteiger partial charge in [0.05, 0.1) is 0 Å². The van der Waals surface area contributed by atoms with Crippen LogP contribution in [0.4, 0.5) is 17.1 Å². The van der Waals surface area contributed by atoms with Crippen LogP contribution in [-0.2, 0) is 0 Å². The molecule has 0 unspecified atom stereocenters. The number of rotatable bonds is 8. The Balaban J connectivity index is 0.951. The van der Waals surface area contributed by atoms with Crippen LogP contribution in [0.25, 0.3) is 88.3 Å². The molecule has 11 aromatic rings. The van der Waals surface area contributed by atoms with E-state index in [2.05, 4.69) is 229 Å². The van der Waals surface area contributed by atoms with Gasteiger partial charge in [-0.3, -0.25) is 0 Å². The summed E-state index contributed by atoms with van der Waals surface area (Å²) in [6.45, 7) is 0. The van der Waals surface area contributed by atoms with Crippen molar-refractivity contribution in [2.45, 2.75) is 0 Å². The third-order valence-corrected chi connectivity index (χ3v) is 11.7. The van der Waals surface area contributed by atoms with Crippen LogP contribution < -0.4 is 4.90 Å². The van der Waals surface area contributed by atoms with Gasteiger partial charge in [0.1, 0.15) is 11.2 Å². The summed E-state index contributed by atoms with van der Waals surface area (Å²) in [6.07, 6.45) is 0. The summed E-state index contributed by atoms with van der Waals surface area (Å²) < 4.78 is 6.13. The van der Waals surface area contributed by atoms with Crippen molar-refractivity contribution in [2.75, 3.05) is 4.90 Å². The van der Waals surface area contributed by atoms with Crippen LogP contribution >= 0.6 is 0 Å². The maximum absolute atomic E-state index is 6.13. The predicted molar refractivity (Wildman–Crippen MR) is 253 cm³/mol. The molecule has 2 heteroatoms. The Hall–Kier alpha value is -7.94. The topological polar surface area (TPSA) is 16.4 Å². The third kappa shape index (κ3) is 6.61. The summed E-state index contributed by atoms with van der Waals surface area (Å²) in [7, 11) is 0. The Morgan fingerprint density at radius 3 is 1.30 bits per heavy atom. The van der Waals surface area contributed by atoms with Gasteiger partial charge < -0.3 is 9.32 Å². The minimum absolute atomic E-state index is 0.904. The zero-order chi connectivity index (χ0) is 39.8. The first-order valence-corrected chi connectivity index (χ1v) is 20.5. The number of benzene rings is 10. The van der Waals surface area contributed by atoms with Gasteiger partial charge in [-0.2, -0.15) is 0 Å². The number of para-hydroxylation sites is 1. The molecular formula is C58H39NO. The van der Waals surface area contributed by atoms with Gasteiger partial charge in [0.2, 0.25) is 0 Å². The van der Waals surface area contributed by atoms with Crippen LogP contribution in [0.3, 0.4) is 0 Å². The molecule has 282 valence electrons. The highest BCUT2D eigenvalue weighted by atomic mass is 16.3. The lowest BCUT2D eigenvalue weighted by molar-refractivity contribution is 0.669.